The Balaban J connectivity index is 2.06. The van der Waals surface area contributed by atoms with Crippen molar-refractivity contribution in [3.05, 3.63) is 59.1 Å². The molecule has 32 heavy (non-hydrogen) atoms. The van der Waals surface area contributed by atoms with Crippen LogP contribution in [0.4, 0.5) is 0 Å². The maximum Gasteiger partial charge on any atom is 0.255 e. The number of amides is 1. The van der Waals surface area contributed by atoms with Gasteiger partial charge >= 0.3 is 0 Å². The van der Waals surface area contributed by atoms with Gasteiger partial charge in [0, 0.05) is 30.7 Å². The maximum atomic E-state index is 13.5. The van der Waals surface area contributed by atoms with Gasteiger partial charge in [-0.3, -0.25) is 4.79 Å². The van der Waals surface area contributed by atoms with E-state index in [0.29, 0.717) is 48.3 Å². The van der Waals surface area contributed by atoms with Crippen LogP contribution in [0.15, 0.2) is 53.5 Å². The zero-order chi connectivity index (χ0) is 23.3. The molecule has 0 saturated heterocycles. The van der Waals surface area contributed by atoms with E-state index in [0.717, 1.165) is 17.0 Å². The molecule has 1 fully saturated rings. The first kappa shape index (κ1) is 23.4. The fraction of sp³-hybridized carbons (Fsp3) is 0.423. The van der Waals surface area contributed by atoms with Crippen molar-refractivity contribution in [2.75, 3.05) is 26.8 Å². The lowest BCUT2D eigenvalue weighted by Crippen LogP contribution is -2.32. The highest BCUT2D eigenvalue weighted by Crippen LogP contribution is 2.35. The summed E-state index contributed by atoms with van der Waals surface area (Å²) >= 11 is 0. The van der Waals surface area contributed by atoms with Crippen LogP contribution in [-0.4, -0.2) is 48.5 Å². The highest BCUT2D eigenvalue weighted by atomic mass is 16.5. The number of methoxy groups -OCH3 is 1. The quantitative estimate of drug-likeness (QED) is 0.419. The Morgan fingerprint density at radius 2 is 1.81 bits per heavy atom. The number of likely N-dealkylation sites (N-methyl/N-ethyl adjacent to an activating group) is 1. The first-order chi connectivity index (χ1) is 15.4. The molecule has 6 heteroatoms. The molecule has 3 rings (SSSR count). The molecule has 0 unspecified atom stereocenters. The van der Waals surface area contributed by atoms with Crippen LogP contribution in [0.1, 0.15) is 46.1 Å². The maximum absolute atomic E-state index is 13.5. The standard InChI is InChI=1S/C26H32N2O4/c1-6-27(7-2)26(30)23(15-28-18(3)12-21(16-29)13-19(28)4)22-10-11-24(31-5)25(14-22)32-17-20-8-9-20/h10-15,20H,6-9,17H2,1-5H3. The van der Waals surface area contributed by atoms with Gasteiger partial charge in [-0.2, -0.15) is 0 Å². The fourth-order valence-electron chi connectivity index (χ4n) is 3.68. The lowest BCUT2D eigenvalue weighted by molar-refractivity contribution is -0.124. The summed E-state index contributed by atoms with van der Waals surface area (Å²) in [5.74, 6) is 3.76. The van der Waals surface area contributed by atoms with E-state index in [1.54, 1.807) is 24.2 Å². The molecule has 1 heterocycles. The second kappa shape index (κ2) is 10.4. The molecule has 0 aromatic heterocycles. The summed E-state index contributed by atoms with van der Waals surface area (Å²) in [6, 6.07) is 5.61. The number of ether oxygens (including phenoxy) is 2. The molecule has 6 nitrogen and oxygen atoms in total. The summed E-state index contributed by atoms with van der Waals surface area (Å²) < 4.78 is 11.5. The minimum absolute atomic E-state index is 0.0642. The summed E-state index contributed by atoms with van der Waals surface area (Å²) in [5, 5.41) is 0. The van der Waals surface area contributed by atoms with Crippen molar-refractivity contribution in [2.45, 2.75) is 40.5 Å². The second-order valence-electron chi connectivity index (χ2n) is 8.14. The van der Waals surface area contributed by atoms with E-state index < -0.39 is 0 Å². The van der Waals surface area contributed by atoms with E-state index >= 15 is 0 Å². The third-order valence-corrected chi connectivity index (χ3v) is 5.79. The number of carbonyl (C=O) groups excluding carboxylic acids is 2. The van der Waals surface area contributed by atoms with Crippen molar-refractivity contribution in [1.82, 2.24) is 9.80 Å². The first-order valence-electron chi connectivity index (χ1n) is 11.1. The predicted octanol–water partition coefficient (Wildman–Crippen LogP) is 4.57. The fourth-order valence-corrected chi connectivity index (χ4v) is 3.68. The van der Waals surface area contributed by atoms with Crippen LogP contribution in [-0.2, 0) is 9.59 Å². The number of hydrogen-bond donors (Lipinski definition) is 0. The van der Waals surface area contributed by atoms with Crippen molar-refractivity contribution in [3.63, 3.8) is 0 Å². The molecule has 1 saturated carbocycles. The summed E-state index contributed by atoms with van der Waals surface area (Å²) in [4.78, 5) is 28.3. The third-order valence-electron chi connectivity index (χ3n) is 5.79. The number of rotatable bonds is 9. The Morgan fingerprint density at radius 3 is 2.34 bits per heavy atom. The largest absolute Gasteiger partial charge is 0.493 e. The Morgan fingerprint density at radius 1 is 1.16 bits per heavy atom. The average molecular weight is 437 g/mol. The van der Waals surface area contributed by atoms with Gasteiger partial charge in [0.05, 0.1) is 24.9 Å². The van der Waals surface area contributed by atoms with Crippen LogP contribution in [0.2, 0.25) is 0 Å². The smallest absolute Gasteiger partial charge is 0.255 e. The van der Waals surface area contributed by atoms with Crippen molar-refractivity contribution >= 4 is 17.4 Å². The third kappa shape index (κ3) is 5.32. The van der Waals surface area contributed by atoms with Crippen molar-refractivity contribution < 1.29 is 19.1 Å². The predicted molar refractivity (Wildman–Crippen MR) is 126 cm³/mol. The molecule has 0 spiro atoms. The number of carbonyl (C=O) groups is 1. The molecule has 2 aliphatic rings. The minimum Gasteiger partial charge on any atom is -0.493 e. The molecule has 0 bridgehead atoms. The van der Waals surface area contributed by atoms with Crippen LogP contribution in [0.25, 0.3) is 5.57 Å². The van der Waals surface area contributed by atoms with Crippen molar-refractivity contribution in [3.8, 4) is 11.5 Å². The SMILES string of the molecule is CCN(CC)C(=O)C(=CN1C(C)=CC(=C=O)C=C1C)c1ccc(OC)c(OCC2CC2)c1. The van der Waals surface area contributed by atoms with Gasteiger partial charge in [-0.1, -0.05) is 6.07 Å². The van der Waals surface area contributed by atoms with Gasteiger partial charge in [-0.15, -0.1) is 0 Å². The second-order valence-corrected chi connectivity index (χ2v) is 8.14. The molecule has 0 radical (unpaired) electrons. The van der Waals surface area contributed by atoms with Crippen molar-refractivity contribution in [1.29, 1.82) is 0 Å². The van der Waals surface area contributed by atoms with E-state index in [2.05, 4.69) is 0 Å². The number of benzene rings is 1. The number of allylic oxidation sites excluding steroid dienone is 5. The van der Waals surface area contributed by atoms with E-state index in [9.17, 15) is 9.59 Å². The first-order valence-corrected chi connectivity index (χ1v) is 11.1. The van der Waals surface area contributed by atoms with Crippen LogP contribution in [0.3, 0.4) is 0 Å². The van der Waals surface area contributed by atoms with Gasteiger partial charge in [-0.25, -0.2) is 4.79 Å². The molecular weight excluding hydrogens is 404 g/mol. The highest BCUT2D eigenvalue weighted by Gasteiger charge is 2.25. The zero-order valence-corrected chi connectivity index (χ0v) is 19.6. The topological polar surface area (TPSA) is 59.1 Å². The molecule has 1 amide bonds. The molecular formula is C26H32N2O4. The van der Waals surface area contributed by atoms with Crippen LogP contribution in [0, 0.1) is 5.92 Å². The van der Waals surface area contributed by atoms with Gasteiger partial charge in [0.2, 0.25) is 0 Å². The number of hydrogen-bond acceptors (Lipinski definition) is 5. The van der Waals surface area contributed by atoms with Crippen LogP contribution >= 0.6 is 0 Å². The van der Waals surface area contributed by atoms with Gasteiger partial charge in [0.1, 0.15) is 5.94 Å². The molecule has 0 atom stereocenters. The van der Waals surface area contributed by atoms with Crippen molar-refractivity contribution in [2.24, 2.45) is 5.92 Å². The van der Waals surface area contributed by atoms with E-state index in [4.69, 9.17) is 9.47 Å². The minimum atomic E-state index is -0.0642. The lowest BCUT2D eigenvalue weighted by Gasteiger charge is -2.28. The summed E-state index contributed by atoms with van der Waals surface area (Å²) in [7, 11) is 1.62. The number of nitrogens with zero attached hydrogens (tertiary/aromatic N) is 2. The molecule has 0 N–H and O–H groups in total. The lowest BCUT2D eigenvalue weighted by atomic mass is 10.0. The Kier molecular flexibility index (Phi) is 7.60. The summed E-state index contributed by atoms with van der Waals surface area (Å²) in [6.07, 6.45) is 7.74. The molecule has 1 aliphatic carbocycles. The Hall–Kier alpha value is -3.24. The van der Waals surface area contributed by atoms with E-state index in [1.807, 2.05) is 62.9 Å². The molecule has 1 aliphatic heterocycles. The molecule has 1 aromatic rings. The van der Waals surface area contributed by atoms with Gasteiger partial charge in [0.15, 0.2) is 11.5 Å². The normalized spacial score (nSPS) is 16.2. The van der Waals surface area contributed by atoms with Crippen LogP contribution in [0.5, 0.6) is 11.5 Å². The molecule has 170 valence electrons. The zero-order valence-electron chi connectivity index (χ0n) is 19.6. The summed E-state index contributed by atoms with van der Waals surface area (Å²) in [6.45, 7) is 9.61. The monoisotopic (exact) mass is 436 g/mol. The van der Waals surface area contributed by atoms with Crippen LogP contribution < -0.4 is 9.47 Å². The highest BCUT2D eigenvalue weighted by molar-refractivity contribution is 6.19. The van der Waals surface area contributed by atoms with Gasteiger partial charge in [0.25, 0.3) is 5.91 Å². The average Bonchev–Trinajstić information content (AvgIpc) is 3.62. The van der Waals surface area contributed by atoms with E-state index in [-0.39, 0.29) is 5.91 Å². The van der Waals surface area contributed by atoms with Gasteiger partial charge < -0.3 is 19.3 Å². The Bertz CT molecular complexity index is 985. The summed E-state index contributed by atoms with van der Waals surface area (Å²) in [5.41, 5.74) is 3.47. The Labute approximate surface area is 190 Å². The molecule has 1 aromatic carbocycles. The van der Waals surface area contributed by atoms with Gasteiger partial charge in [-0.05, 0) is 76.3 Å². The van der Waals surface area contributed by atoms with E-state index in [1.165, 1.54) is 12.8 Å².